The van der Waals surface area contributed by atoms with Gasteiger partial charge in [-0.05, 0) is 77.0 Å². The first-order valence-electron chi connectivity index (χ1n) is 33.6. The van der Waals surface area contributed by atoms with Gasteiger partial charge in [-0.1, -0.05) is 308 Å². The molecule has 0 spiro atoms. The van der Waals surface area contributed by atoms with Crippen molar-refractivity contribution in [1.82, 2.24) is 5.32 Å². The molecule has 6 nitrogen and oxygen atoms in total. The molecule has 1 amide bonds. The van der Waals surface area contributed by atoms with Crippen LogP contribution in [0.3, 0.4) is 0 Å². The predicted molar refractivity (Wildman–Crippen MR) is 324 cm³/mol. The van der Waals surface area contributed by atoms with Gasteiger partial charge in [-0.25, -0.2) is 0 Å². The van der Waals surface area contributed by atoms with Crippen LogP contribution >= 0.6 is 0 Å². The first-order valence-corrected chi connectivity index (χ1v) is 33.6. The Morgan fingerprint density at radius 3 is 0.986 bits per heavy atom. The van der Waals surface area contributed by atoms with Crippen molar-refractivity contribution in [3.8, 4) is 0 Å². The highest BCUT2D eigenvalue weighted by Crippen LogP contribution is 2.18. The first-order chi connectivity index (χ1) is 36.5. The largest absolute Gasteiger partial charge is 0.466 e. The number of carbonyl (C=O) groups excluding carboxylic acids is 2. The molecular formula is C68H131NO5. The molecular weight excluding hydrogens is 911 g/mol. The average Bonchev–Trinajstić information content (AvgIpc) is 3.40. The van der Waals surface area contributed by atoms with Gasteiger partial charge >= 0.3 is 5.97 Å². The van der Waals surface area contributed by atoms with Crippen LogP contribution in [0, 0.1) is 0 Å². The molecule has 0 fully saturated rings. The summed E-state index contributed by atoms with van der Waals surface area (Å²) in [7, 11) is 0. The molecule has 3 N–H and O–H groups in total. The number of hydrogen-bond acceptors (Lipinski definition) is 5. The number of aliphatic hydroxyl groups excluding tert-OH is 2. The minimum absolute atomic E-state index is 0.00884. The molecule has 0 saturated carbocycles. The molecule has 438 valence electrons. The van der Waals surface area contributed by atoms with E-state index in [1.54, 1.807) is 0 Å². The summed E-state index contributed by atoms with van der Waals surface area (Å²) >= 11 is 0. The fourth-order valence-corrected chi connectivity index (χ4v) is 10.6. The Hall–Kier alpha value is -1.66. The quantitative estimate of drug-likeness (QED) is 0.0320. The molecule has 0 heterocycles. The van der Waals surface area contributed by atoms with Gasteiger partial charge in [-0.15, -0.1) is 0 Å². The molecule has 0 aliphatic carbocycles. The van der Waals surface area contributed by atoms with Gasteiger partial charge in [-0.3, -0.25) is 9.59 Å². The number of amides is 1. The molecule has 0 aromatic rings. The van der Waals surface area contributed by atoms with Crippen LogP contribution in [0.25, 0.3) is 0 Å². The molecule has 0 saturated heterocycles. The lowest BCUT2D eigenvalue weighted by Crippen LogP contribution is -2.45. The third kappa shape index (κ3) is 59.6. The maximum absolute atomic E-state index is 12.5. The molecule has 0 rings (SSSR count). The van der Waals surface area contributed by atoms with Crippen molar-refractivity contribution in [2.45, 2.75) is 386 Å². The number of hydrogen-bond donors (Lipinski definition) is 3. The number of nitrogens with one attached hydrogen (secondary N) is 1. The average molecular weight is 1040 g/mol. The predicted octanol–water partition coefficient (Wildman–Crippen LogP) is 21.4. The van der Waals surface area contributed by atoms with E-state index in [1.165, 1.54) is 295 Å². The SMILES string of the molecule is CCCCC/C=C\CCCCCCCC(=O)OCCCCCCCCCCCCCC/C=C\CCCCCCCCCCCCCCCCCCCC(=O)NC(CO)C(O)CCCCCCCCCCCCCC. The second-order valence-corrected chi connectivity index (χ2v) is 23.1. The van der Waals surface area contributed by atoms with E-state index < -0.39 is 12.1 Å². The molecule has 0 aromatic carbocycles. The zero-order chi connectivity index (χ0) is 53.6. The van der Waals surface area contributed by atoms with Crippen molar-refractivity contribution in [2.24, 2.45) is 0 Å². The Morgan fingerprint density at radius 1 is 0.365 bits per heavy atom. The molecule has 2 unspecified atom stereocenters. The maximum Gasteiger partial charge on any atom is 0.305 e. The van der Waals surface area contributed by atoms with Crippen LogP contribution in [0.5, 0.6) is 0 Å². The van der Waals surface area contributed by atoms with Crippen molar-refractivity contribution in [3.05, 3.63) is 24.3 Å². The van der Waals surface area contributed by atoms with Gasteiger partial charge in [0.05, 0.1) is 25.4 Å². The number of allylic oxidation sites excluding steroid dienone is 4. The van der Waals surface area contributed by atoms with Gasteiger partial charge < -0.3 is 20.3 Å². The fourth-order valence-electron chi connectivity index (χ4n) is 10.6. The van der Waals surface area contributed by atoms with Crippen LogP contribution in [0.1, 0.15) is 373 Å². The van der Waals surface area contributed by atoms with Crippen molar-refractivity contribution >= 4 is 11.9 Å². The standard InChI is InChI=1S/C68H131NO5/c1-3-5-7-9-11-13-15-40-44-48-52-56-60-66(71)65(64-70)69-67(72)61-57-53-49-45-41-38-36-34-32-30-28-26-24-22-20-18-17-19-21-23-25-27-29-31-33-35-37-39-43-47-51-55-59-63-74-68(73)62-58-54-50-46-42-16-14-12-10-8-6-4-2/h12,14,21,23,65-66,70-71H,3-11,13,15-20,22,24-64H2,1-2H3,(H,69,72)/b14-12-,23-21-. The smallest absolute Gasteiger partial charge is 0.305 e. The Balaban J connectivity index is 3.33. The lowest BCUT2D eigenvalue weighted by molar-refractivity contribution is -0.143. The van der Waals surface area contributed by atoms with Crippen molar-refractivity contribution < 1.29 is 24.5 Å². The Morgan fingerprint density at radius 2 is 0.635 bits per heavy atom. The van der Waals surface area contributed by atoms with Crippen LogP contribution in [0.4, 0.5) is 0 Å². The summed E-state index contributed by atoms with van der Waals surface area (Å²) in [6.07, 6.45) is 79.4. The van der Waals surface area contributed by atoms with Gasteiger partial charge in [0, 0.05) is 12.8 Å². The number of ether oxygens (including phenoxy) is 1. The van der Waals surface area contributed by atoms with Crippen LogP contribution in [-0.4, -0.2) is 47.4 Å². The topological polar surface area (TPSA) is 95.9 Å². The van der Waals surface area contributed by atoms with E-state index in [-0.39, 0.29) is 18.5 Å². The molecule has 0 aromatic heterocycles. The highest BCUT2D eigenvalue weighted by atomic mass is 16.5. The number of rotatable bonds is 63. The van der Waals surface area contributed by atoms with E-state index in [1.807, 2.05) is 0 Å². The van der Waals surface area contributed by atoms with E-state index in [9.17, 15) is 19.8 Å². The summed E-state index contributed by atoms with van der Waals surface area (Å²) in [5.41, 5.74) is 0. The van der Waals surface area contributed by atoms with Crippen LogP contribution in [-0.2, 0) is 14.3 Å². The molecule has 74 heavy (non-hydrogen) atoms. The van der Waals surface area contributed by atoms with E-state index in [4.69, 9.17) is 4.74 Å². The van der Waals surface area contributed by atoms with E-state index in [2.05, 4.69) is 43.5 Å². The van der Waals surface area contributed by atoms with Crippen molar-refractivity contribution in [1.29, 1.82) is 0 Å². The van der Waals surface area contributed by atoms with Gasteiger partial charge in [0.15, 0.2) is 0 Å². The van der Waals surface area contributed by atoms with Crippen LogP contribution < -0.4 is 5.32 Å². The third-order valence-corrected chi connectivity index (χ3v) is 15.7. The lowest BCUT2D eigenvalue weighted by atomic mass is 10.0. The zero-order valence-corrected chi connectivity index (χ0v) is 50.1. The monoisotopic (exact) mass is 1040 g/mol. The van der Waals surface area contributed by atoms with E-state index in [0.29, 0.717) is 25.9 Å². The van der Waals surface area contributed by atoms with Gasteiger partial charge in [0.2, 0.25) is 5.91 Å². The second kappa shape index (κ2) is 63.9. The molecule has 0 aliphatic heterocycles. The number of aliphatic hydroxyl groups is 2. The zero-order valence-electron chi connectivity index (χ0n) is 50.1. The van der Waals surface area contributed by atoms with Crippen LogP contribution in [0.15, 0.2) is 24.3 Å². The molecule has 0 aliphatic rings. The Labute approximate surface area is 462 Å². The lowest BCUT2D eigenvalue weighted by Gasteiger charge is -2.22. The third-order valence-electron chi connectivity index (χ3n) is 15.7. The Bertz CT molecular complexity index is 1150. The molecule has 0 bridgehead atoms. The normalized spacial score (nSPS) is 12.6. The molecule has 6 heteroatoms. The van der Waals surface area contributed by atoms with Crippen molar-refractivity contribution in [2.75, 3.05) is 13.2 Å². The Kier molecular flexibility index (Phi) is 62.4. The van der Waals surface area contributed by atoms with E-state index >= 15 is 0 Å². The van der Waals surface area contributed by atoms with Crippen LogP contribution in [0.2, 0.25) is 0 Å². The summed E-state index contributed by atoms with van der Waals surface area (Å²) in [6.45, 7) is 4.94. The summed E-state index contributed by atoms with van der Waals surface area (Å²) in [6, 6.07) is -0.537. The number of esters is 1. The maximum atomic E-state index is 12.5. The minimum atomic E-state index is -0.660. The summed E-state index contributed by atoms with van der Waals surface area (Å²) in [5.74, 6) is -0.0218. The number of unbranched alkanes of at least 4 members (excludes halogenated alkanes) is 48. The summed E-state index contributed by atoms with van der Waals surface area (Å²) < 4.78 is 5.47. The summed E-state index contributed by atoms with van der Waals surface area (Å²) in [5, 5.41) is 23.2. The second-order valence-electron chi connectivity index (χ2n) is 23.1. The van der Waals surface area contributed by atoms with Gasteiger partial charge in [-0.2, -0.15) is 0 Å². The fraction of sp³-hybridized carbons (Fsp3) is 0.912. The molecule has 2 atom stereocenters. The number of carbonyl (C=O) groups is 2. The minimum Gasteiger partial charge on any atom is -0.466 e. The van der Waals surface area contributed by atoms with Crippen molar-refractivity contribution in [3.63, 3.8) is 0 Å². The molecule has 0 radical (unpaired) electrons. The highest BCUT2D eigenvalue weighted by Gasteiger charge is 2.20. The highest BCUT2D eigenvalue weighted by molar-refractivity contribution is 5.76. The first kappa shape index (κ1) is 72.3. The summed E-state index contributed by atoms with van der Waals surface area (Å²) in [4.78, 5) is 24.5. The van der Waals surface area contributed by atoms with E-state index in [0.717, 1.165) is 44.9 Å². The van der Waals surface area contributed by atoms with Gasteiger partial charge in [0.1, 0.15) is 0 Å². The van der Waals surface area contributed by atoms with Gasteiger partial charge in [0.25, 0.3) is 0 Å².